The fourth-order valence-electron chi connectivity index (χ4n) is 0.485. The molecule has 51 valence electrons. The van der Waals surface area contributed by atoms with Crippen LogP contribution in [0.5, 0.6) is 0 Å². The van der Waals surface area contributed by atoms with Crippen molar-refractivity contribution in [3.05, 3.63) is 12.4 Å². The normalized spacial score (nSPS) is 19.4. The molecule has 0 amide bonds. The lowest BCUT2D eigenvalue weighted by Gasteiger charge is -2.13. The fraction of sp³-hybridized carbons (Fsp3) is 0.500. The van der Waals surface area contributed by atoms with Gasteiger partial charge in [-0.3, -0.25) is 5.32 Å². The Balaban J connectivity index is 2.46. The second-order valence-electron chi connectivity index (χ2n) is 1.58. The number of halogens is 3. The molecule has 0 aliphatic carbocycles. The standard InChI is InChI=1S/C4H4F3N2/c5-4(6,7)3-8-1-2-9-3/h1-3,8H. The molecule has 2 nitrogen and oxygen atoms in total. The van der Waals surface area contributed by atoms with Gasteiger partial charge in [0.2, 0.25) is 6.17 Å². The number of nitrogens with zero attached hydrogens (tertiary/aromatic N) is 1. The first kappa shape index (κ1) is 6.25. The van der Waals surface area contributed by atoms with Crippen molar-refractivity contribution in [2.24, 2.45) is 0 Å². The lowest BCUT2D eigenvalue weighted by atomic mass is 10.5. The number of rotatable bonds is 0. The van der Waals surface area contributed by atoms with Gasteiger partial charge in [-0.25, -0.2) is 0 Å². The first-order valence-electron chi connectivity index (χ1n) is 2.28. The molecule has 1 aliphatic heterocycles. The summed E-state index contributed by atoms with van der Waals surface area (Å²) in [6.45, 7) is 0. The van der Waals surface area contributed by atoms with E-state index in [0.717, 1.165) is 12.4 Å². The lowest BCUT2D eigenvalue weighted by molar-refractivity contribution is -0.156. The second kappa shape index (κ2) is 1.82. The summed E-state index contributed by atoms with van der Waals surface area (Å²) in [5.41, 5.74) is 0. The third-order valence-electron chi connectivity index (χ3n) is 0.874. The Morgan fingerprint density at radius 1 is 1.44 bits per heavy atom. The Bertz CT molecular complexity index is 120. The molecule has 1 radical (unpaired) electrons. The van der Waals surface area contributed by atoms with Crippen LogP contribution in [-0.2, 0) is 0 Å². The molecule has 0 spiro atoms. The highest BCUT2D eigenvalue weighted by Gasteiger charge is 2.41. The van der Waals surface area contributed by atoms with E-state index in [4.69, 9.17) is 0 Å². The number of hydrogen-bond donors (Lipinski definition) is 1. The van der Waals surface area contributed by atoms with Crippen molar-refractivity contribution in [2.45, 2.75) is 12.3 Å². The number of alkyl halides is 3. The topological polar surface area (TPSA) is 26.1 Å². The highest BCUT2D eigenvalue weighted by molar-refractivity contribution is 4.93. The van der Waals surface area contributed by atoms with Crippen molar-refractivity contribution in [3.8, 4) is 0 Å². The zero-order chi connectivity index (χ0) is 6.91. The van der Waals surface area contributed by atoms with Crippen molar-refractivity contribution in [2.75, 3.05) is 0 Å². The Kier molecular flexibility index (Phi) is 1.27. The minimum absolute atomic E-state index is 1.10. The molecule has 0 saturated heterocycles. The Morgan fingerprint density at radius 3 is 2.33 bits per heavy atom. The summed E-state index contributed by atoms with van der Waals surface area (Å²) >= 11 is 0. The summed E-state index contributed by atoms with van der Waals surface area (Å²) in [6, 6.07) is 0. The van der Waals surface area contributed by atoms with E-state index in [1.165, 1.54) is 0 Å². The summed E-state index contributed by atoms with van der Waals surface area (Å²) in [5.74, 6) is 0. The maximum Gasteiger partial charge on any atom is 0.429 e. The molecule has 5 heteroatoms. The van der Waals surface area contributed by atoms with E-state index >= 15 is 0 Å². The van der Waals surface area contributed by atoms with Gasteiger partial charge in [0, 0.05) is 12.4 Å². The van der Waals surface area contributed by atoms with Gasteiger partial charge in [0.05, 0.1) is 0 Å². The van der Waals surface area contributed by atoms with Gasteiger partial charge in [-0.15, -0.1) is 0 Å². The minimum atomic E-state index is -4.26. The zero-order valence-electron chi connectivity index (χ0n) is 4.31. The van der Waals surface area contributed by atoms with E-state index in [1.807, 2.05) is 5.32 Å². The predicted molar refractivity (Wildman–Crippen MR) is 24.3 cm³/mol. The maximum absolute atomic E-state index is 11.6. The van der Waals surface area contributed by atoms with Gasteiger partial charge in [0.25, 0.3) is 0 Å². The first-order valence-corrected chi connectivity index (χ1v) is 2.28. The summed E-state index contributed by atoms with van der Waals surface area (Å²) < 4.78 is 34.7. The summed E-state index contributed by atoms with van der Waals surface area (Å²) in [4.78, 5) is 0. The lowest BCUT2D eigenvalue weighted by Crippen LogP contribution is -2.41. The molecule has 1 heterocycles. The molecule has 0 saturated carbocycles. The van der Waals surface area contributed by atoms with E-state index in [-0.39, 0.29) is 0 Å². The first-order chi connectivity index (χ1) is 4.11. The molecular weight excluding hydrogens is 133 g/mol. The van der Waals surface area contributed by atoms with Gasteiger partial charge in [0.15, 0.2) is 0 Å². The average molecular weight is 137 g/mol. The van der Waals surface area contributed by atoms with Crippen LogP contribution in [0.4, 0.5) is 13.2 Å². The molecule has 0 aromatic carbocycles. The van der Waals surface area contributed by atoms with Gasteiger partial charge in [-0.2, -0.15) is 13.2 Å². The molecule has 0 aromatic heterocycles. The van der Waals surface area contributed by atoms with Crippen LogP contribution in [0.1, 0.15) is 0 Å². The Morgan fingerprint density at radius 2 is 2.11 bits per heavy atom. The molecule has 1 unspecified atom stereocenters. The molecule has 0 fully saturated rings. The van der Waals surface area contributed by atoms with Gasteiger partial charge in [-0.1, -0.05) is 0 Å². The average Bonchev–Trinajstić information content (AvgIpc) is 2.08. The summed E-state index contributed by atoms with van der Waals surface area (Å²) in [5, 5.41) is 5.11. The van der Waals surface area contributed by atoms with E-state index in [9.17, 15) is 13.2 Å². The smallest absolute Gasteiger partial charge is 0.361 e. The predicted octanol–water partition coefficient (Wildman–Crippen LogP) is 0.554. The van der Waals surface area contributed by atoms with Crippen LogP contribution in [0.15, 0.2) is 12.4 Å². The Hall–Kier alpha value is -0.870. The molecule has 1 aliphatic rings. The van der Waals surface area contributed by atoms with Crippen molar-refractivity contribution in [1.29, 1.82) is 0 Å². The highest BCUT2D eigenvalue weighted by Crippen LogP contribution is 2.20. The van der Waals surface area contributed by atoms with Gasteiger partial charge in [0.1, 0.15) is 0 Å². The van der Waals surface area contributed by atoms with Crippen LogP contribution in [0.2, 0.25) is 0 Å². The van der Waals surface area contributed by atoms with Gasteiger partial charge < -0.3 is 5.32 Å². The van der Waals surface area contributed by atoms with Crippen LogP contribution in [0.3, 0.4) is 0 Å². The summed E-state index contributed by atoms with van der Waals surface area (Å²) in [6.07, 6.45) is -3.72. The van der Waals surface area contributed by atoms with Gasteiger partial charge >= 0.3 is 6.18 Å². The molecular formula is C4H4F3N2. The van der Waals surface area contributed by atoms with Crippen LogP contribution in [0, 0.1) is 0 Å². The molecule has 9 heavy (non-hydrogen) atoms. The van der Waals surface area contributed by atoms with Crippen molar-refractivity contribution in [1.82, 2.24) is 10.6 Å². The van der Waals surface area contributed by atoms with Crippen LogP contribution < -0.4 is 10.6 Å². The summed E-state index contributed by atoms with van der Waals surface area (Å²) in [7, 11) is 0. The highest BCUT2D eigenvalue weighted by atomic mass is 19.4. The third kappa shape index (κ3) is 1.28. The molecule has 0 bridgehead atoms. The third-order valence-corrected chi connectivity index (χ3v) is 0.874. The number of nitrogens with one attached hydrogen (secondary N) is 1. The van der Waals surface area contributed by atoms with E-state index in [2.05, 4.69) is 5.32 Å². The molecule has 1 atom stereocenters. The van der Waals surface area contributed by atoms with Crippen LogP contribution in [-0.4, -0.2) is 12.3 Å². The minimum Gasteiger partial charge on any atom is -0.361 e. The quantitative estimate of drug-likeness (QED) is 0.518. The van der Waals surface area contributed by atoms with Crippen LogP contribution >= 0.6 is 0 Å². The van der Waals surface area contributed by atoms with E-state index in [0.29, 0.717) is 0 Å². The van der Waals surface area contributed by atoms with Crippen molar-refractivity contribution < 1.29 is 13.2 Å². The van der Waals surface area contributed by atoms with Gasteiger partial charge in [-0.05, 0) is 0 Å². The molecule has 1 rings (SSSR count). The van der Waals surface area contributed by atoms with E-state index < -0.39 is 12.3 Å². The van der Waals surface area contributed by atoms with Crippen molar-refractivity contribution >= 4 is 0 Å². The fourth-order valence-corrected chi connectivity index (χ4v) is 0.485. The molecule has 0 aromatic rings. The second-order valence-corrected chi connectivity index (χ2v) is 1.58. The largest absolute Gasteiger partial charge is 0.429 e. The van der Waals surface area contributed by atoms with Crippen LogP contribution in [0.25, 0.3) is 0 Å². The van der Waals surface area contributed by atoms with Crippen molar-refractivity contribution in [3.63, 3.8) is 0 Å². The monoisotopic (exact) mass is 137 g/mol. The molecule has 1 N–H and O–H groups in total. The number of hydrogen-bond acceptors (Lipinski definition) is 1. The SMILES string of the molecule is FC(F)(F)C1[N]C=CN1. The van der Waals surface area contributed by atoms with E-state index in [1.54, 1.807) is 0 Å². The maximum atomic E-state index is 11.6. The zero-order valence-corrected chi connectivity index (χ0v) is 4.31. The Labute approximate surface area is 49.7 Å².